The van der Waals surface area contributed by atoms with E-state index in [-0.39, 0.29) is 30.5 Å². The van der Waals surface area contributed by atoms with E-state index in [9.17, 15) is 14.7 Å². The molecule has 0 bridgehead atoms. The maximum atomic E-state index is 11.2. The van der Waals surface area contributed by atoms with Gasteiger partial charge in [-0.25, -0.2) is 0 Å². The van der Waals surface area contributed by atoms with E-state index in [2.05, 4.69) is 21.2 Å². The number of carboxylic acids is 1. The SMILES string of the molecule is NC(=O)COc1cc(OCc2cccc(-c3ccccc3)c2Br)c(Cl)cc1CNC(CO)C(=O)O. The summed E-state index contributed by atoms with van der Waals surface area (Å²) in [5.41, 5.74) is 8.63. The Morgan fingerprint density at radius 1 is 1.03 bits per heavy atom. The first-order valence-electron chi connectivity index (χ1n) is 10.6. The summed E-state index contributed by atoms with van der Waals surface area (Å²) in [5, 5.41) is 21.3. The number of carbonyl (C=O) groups is 2. The first-order chi connectivity index (χ1) is 16.8. The van der Waals surface area contributed by atoms with Crippen molar-refractivity contribution in [2.45, 2.75) is 19.2 Å². The molecule has 3 aromatic carbocycles. The van der Waals surface area contributed by atoms with Gasteiger partial charge in [-0.3, -0.25) is 14.9 Å². The van der Waals surface area contributed by atoms with Crippen molar-refractivity contribution in [1.29, 1.82) is 0 Å². The predicted octanol–water partition coefficient (Wildman–Crippen LogP) is 3.75. The zero-order valence-corrected chi connectivity index (χ0v) is 20.9. The van der Waals surface area contributed by atoms with E-state index in [4.69, 9.17) is 31.9 Å². The third-order valence-corrected chi connectivity index (χ3v) is 6.28. The number of primary amides is 1. The molecule has 5 N–H and O–H groups in total. The normalized spacial score (nSPS) is 11.6. The van der Waals surface area contributed by atoms with Crippen LogP contribution >= 0.6 is 27.5 Å². The number of benzene rings is 3. The molecule has 0 fully saturated rings. The molecule has 0 aliphatic rings. The van der Waals surface area contributed by atoms with Gasteiger partial charge in [-0.05, 0) is 33.1 Å². The van der Waals surface area contributed by atoms with Crippen LogP contribution in [0.4, 0.5) is 0 Å². The zero-order valence-electron chi connectivity index (χ0n) is 18.5. The molecule has 1 amide bonds. The van der Waals surface area contributed by atoms with E-state index in [1.165, 1.54) is 6.07 Å². The van der Waals surface area contributed by atoms with E-state index in [0.29, 0.717) is 11.3 Å². The molecule has 3 aromatic rings. The van der Waals surface area contributed by atoms with E-state index >= 15 is 0 Å². The van der Waals surface area contributed by atoms with Gasteiger partial charge in [0, 0.05) is 28.2 Å². The minimum atomic E-state index is -1.21. The van der Waals surface area contributed by atoms with Crippen LogP contribution in [0.5, 0.6) is 11.5 Å². The maximum absolute atomic E-state index is 11.2. The highest BCUT2D eigenvalue weighted by Gasteiger charge is 2.18. The van der Waals surface area contributed by atoms with Gasteiger partial charge in [0.2, 0.25) is 0 Å². The van der Waals surface area contributed by atoms with Crippen LogP contribution < -0.4 is 20.5 Å². The van der Waals surface area contributed by atoms with Crippen molar-refractivity contribution in [3.05, 3.63) is 81.3 Å². The summed E-state index contributed by atoms with van der Waals surface area (Å²) >= 11 is 10.1. The molecule has 0 aromatic heterocycles. The number of nitrogens with one attached hydrogen (secondary N) is 1. The average molecular weight is 564 g/mol. The van der Waals surface area contributed by atoms with Gasteiger partial charge < -0.3 is 25.4 Å². The van der Waals surface area contributed by atoms with Crippen LogP contribution in [0.1, 0.15) is 11.1 Å². The summed E-state index contributed by atoms with van der Waals surface area (Å²) in [6.07, 6.45) is 0. The highest BCUT2D eigenvalue weighted by molar-refractivity contribution is 9.10. The third kappa shape index (κ3) is 7.19. The topological polar surface area (TPSA) is 131 Å². The van der Waals surface area contributed by atoms with Crippen molar-refractivity contribution in [3.63, 3.8) is 0 Å². The van der Waals surface area contributed by atoms with Crippen LogP contribution in [0.2, 0.25) is 5.02 Å². The number of amides is 1. The van der Waals surface area contributed by atoms with E-state index in [1.54, 1.807) is 6.07 Å². The number of carboxylic acid groups (broad SMARTS) is 1. The molecule has 0 saturated carbocycles. The number of nitrogens with two attached hydrogens (primary N) is 1. The Hall–Kier alpha value is -3.11. The Kier molecular flexibility index (Phi) is 9.50. The number of aliphatic hydroxyl groups is 1. The fourth-order valence-electron chi connectivity index (χ4n) is 3.26. The van der Waals surface area contributed by atoms with Gasteiger partial charge in [0.25, 0.3) is 5.91 Å². The summed E-state index contributed by atoms with van der Waals surface area (Å²) < 4.78 is 12.4. The summed E-state index contributed by atoms with van der Waals surface area (Å²) in [7, 11) is 0. The number of halogens is 2. The summed E-state index contributed by atoms with van der Waals surface area (Å²) in [5.74, 6) is -1.33. The number of aliphatic carboxylic acids is 1. The molecule has 0 aliphatic carbocycles. The molecular formula is C25H24BrClN2O6. The van der Waals surface area contributed by atoms with Crippen molar-refractivity contribution >= 4 is 39.4 Å². The van der Waals surface area contributed by atoms with Crippen LogP contribution in [0, 0.1) is 0 Å². The molecule has 1 unspecified atom stereocenters. The minimum absolute atomic E-state index is 0.0102. The predicted molar refractivity (Wildman–Crippen MR) is 135 cm³/mol. The zero-order chi connectivity index (χ0) is 25.4. The molecule has 0 heterocycles. The second kappa shape index (κ2) is 12.6. The van der Waals surface area contributed by atoms with Crippen LogP contribution in [-0.2, 0) is 22.7 Å². The fourth-order valence-corrected chi connectivity index (χ4v) is 4.11. The van der Waals surface area contributed by atoms with Crippen LogP contribution in [0.3, 0.4) is 0 Å². The minimum Gasteiger partial charge on any atom is -0.487 e. The van der Waals surface area contributed by atoms with Gasteiger partial charge >= 0.3 is 5.97 Å². The lowest BCUT2D eigenvalue weighted by Gasteiger charge is -2.17. The second-order valence-corrected chi connectivity index (χ2v) is 8.73. The molecule has 35 heavy (non-hydrogen) atoms. The standard InChI is InChI=1S/C25H24BrClN2O6/c26-24-16(7-4-8-18(24)15-5-2-1-3-6-15)13-34-22-10-21(35-14-23(28)31)17(9-19(22)27)11-29-20(12-30)25(32)33/h1-10,20,29-30H,11-14H2,(H2,28,31)(H,32,33). The van der Waals surface area contributed by atoms with E-state index < -0.39 is 24.5 Å². The number of ether oxygens (including phenoxy) is 2. The second-order valence-electron chi connectivity index (χ2n) is 7.53. The summed E-state index contributed by atoms with van der Waals surface area (Å²) in [4.78, 5) is 22.4. The lowest BCUT2D eigenvalue weighted by Crippen LogP contribution is -2.39. The number of hydrogen-bond acceptors (Lipinski definition) is 6. The molecule has 10 heteroatoms. The number of rotatable bonds is 12. The molecule has 8 nitrogen and oxygen atoms in total. The number of carbonyl (C=O) groups excluding carboxylic acids is 1. The van der Waals surface area contributed by atoms with Crippen LogP contribution in [-0.4, -0.2) is 41.3 Å². The Balaban J connectivity index is 1.82. The fraction of sp³-hybridized carbons (Fsp3) is 0.200. The Labute approximate surface area is 215 Å². The molecule has 0 radical (unpaired) electrons. The average Bonchev–Trinajstić information content (AvgIpc) is 2.84. The molecule has 0 saturated heterocycles. The van der Waals surface area contributed by atoms with Gasteiger partial charge in [0.05, 0.1) is 11.6 Å². The summed E-state index contributed by atoms with van der Waals surface area (Å²) in [6.45, 7) is -0.782. The molecular weight excluding hydrogens is 540 g/mol. The van der Waals surface area contributed by atoms with Gasteiger partial charge in [-0.2, -0.15) is 0 Å². The Bertz CT molecular complexity index is 1190. The maximum Gasteiger partial charge on any atom is 0.323 e. The highest BCUT2D eigenvalue weighted by Crippen LogP contribution is 2.35. The lowest BCUT2D eigenvalue weighted by molar-refractivity contribution is -0.140. The first kappa shape index (κ1) is 26.5. The largest absolute Gasteiger partial charge is 0.487 e. The van der Waals surface area contributed by atoms with Crippen molar-refractivity contribution in [2.24, 2.45) is 5.73 Å². The van der Waals surface area contributed by atoms with Crippen molar-refractivity contribution in [1.82, 2.24) is 5.32 Å². The molecule has 1 atom stereocenters. The smallest absolute Gasteiger partial charge is 0.323 e. The van der Waals surface area contributed by atoms with E-state index in [0.717, 1.165) is 21.2 Å². The first-order valence-corrected chi connectivity index (χ1v) is 11.7. The summed E-state index contributed by atoms with van der Waals surface area (Å²) in [6, 6.07) is 17.7. The Morgan fingerprint density at radius 3 is 2.43 bits per heavy atom. The highest BCUT2D eigenvalue weighted by atomic mass is 79.9. The quantitative estimate of drug-likeness (QED) is 0.264. The molecule has 184 valence electrons. The van der Waals surface area contributed by atoms with Gasteiger partial charge in [-0.1, -0.05) is 60.1 Å². The Morgan fingerprint density at radius 2 is 1.77 bits per heavy atom. The van der Waals surface area contributed by atoms with Gasteiger partial charge in [-0.15, -0.1) is 0 Å². The number of aliphatic hydroxyl groups excluding tert-OH is 1. The van der Waals surface area contributed by atoms with Crippen LogP contribution in [0.25, 0.3) is 11.1 Å². The molecule has 0 aliphatic heterocycles. The number of hydrogen-bond donors (Lipinski definition) is 4. The van der Waals surface area contributed by atoms with Crippen molar-refractivity contribution in [3.8, 4) is 22.6 Å². The van der Waals surface area contributed by atoms with Gasteiger partial charge in [0.15, 0.2) is 6.61 Å². The van der Waals surface area contributed by atoms with Gasteiger partial charge in [0.1, 0.15) is 24.1 Å². The van der Waals surface area contributed by atoms with Crippen molar-refractivity contribution in [2.75, 3.05) is 13.2 Å². The lowest BCUT2D eigenvalue weighted by atomic mass is 10.0. The van der Waals surface area contributed by atoms with Crippen molar-refractivity contribution < 1.29 is 29.3 Å². The third-order valence-electron chi connectivity index (χ3n) is 5.05. The molecule has 0 spiro atoms. The monoisotopic (exact) mass is 562 g/mol. The van der Waals surface area contributed by atoms with E-state index in [1.807, 2.05) is 48.5 Å². The molecule has 3 rings (SSSR count). The van der Waals surface area contributed by atoms with Crippen LogP contribution in [0.15, 0.2) is 65.1 Å².